The van der Waals surface area contributed by atoms with Crippen molar-refractivity contribution < 1.29 is 19.0 Å². The van der Waals surface area contributed by atoms with Crippen LogP contribution in [0.2, 0.25) is 0 Å². The smallest absolute Gasteiger partial charge is 0.330 e. The zero-order chi connectivity index (χ0) is 12.5. The van der Waals surface area contributed by atoms with Crippen molar-refractivity contribution in [1.82, 2.24) is 0 Å². The van der Waals surface area contributed by atoms with E-state index in [4.69, 9.17) is 14.2 Å². The van der Waals surface area contributed by atoms with Gasteiger partial charge in [0.05, 0.1) is 12.2 Å². The van der Waals surface area contributed by atoms with Gasteiger partial charge in [0.15, 0.2) is 0 Å². The van der Waals surface area contributed by atoms with Crippen LogP contribution in [0.1, 0.15) is 26.2 Å². The van der Waals surface area contributed by atoms with Gasteiger partial charge in [0.1, 0.15) is 18.8 Å². The minimum absolute atomic E-state index is 0.108. The predicted molar refractivity (Wildman–Crippen MR) is 65.0 cm³/mol. The van der Waals surface area contributed by atoms with Crippen LogP contribution in [0.3, 0.4) is 0 Å². The number of fused-ring (bicyclic) bond motifs is 1. The average Bonchev–Trinajstić information content (AvgIpc) is 3.26. The summed E-state index contributed by atoms with van der Waals surface area (Å²) in [5, 5.41) is 0. The molecule has 4 heteroatoms. The van der Waals surface area contributed by atoms with E-state index in [1.54, 1.807) is 6.08 Å². The van der Waals surface area contributed by atoms with Gasteiger partial charge in [-0.05, 0) is 30.9 Å². The summed E-state index contributed by atoms with van der Waals surface area (Å²) in [6.07, 6.45) is 9.47. The lowest BCUT2D eigenvalue weighted by atomic mass is 10.0. The molecule has 4 unspecified atom stereocenters. The monoisotopic (exact) mass is 250 g/mol. The maximum Gasteiger partial charge on any atom is 0.330 e. The highest BCUT2D eigenvalue weighted by Gasteiger charge is 2.39. The summed E-state index contributed by atoms with van der Waals surface area (Å²) in [5.41, 5.74) is 1.17. The van der Waals surface area contributed by atoms with Gasteiger partial charge in [-0.3, -0.25) is 0 Å². The van der Waals surface area contributed by atoms with Crippen molar-refractivity contribution in [2.24, 2.45) is 0 Å². The molecule has 0 radical (unpaired) electrons. The number of carbonyl (C=O) groups excluding carboxylic acids is 1. The molecular formula is C14H18O4. The highest BCUT2D eigenvalue weighted by atomic mass is 16.6. The van der Waals surface area contributed by atoms with Crippen molar-refractivity contribution >= 4 is 5.97 Å². The zero-order valence-corrected chi connectivity index (χ0v) is 10.5. The van der Waals surface area contributed by atoms with Crippen LogP contribution in [0.25, 0.3) is 0 Å². The second kappa shape index (κ2) is 4.86. The van der Waals surface area contributed by atoms with Crippen molar-refractivity contribution in [2.75, 3.05) is 6.61 Å². The summed E-state index contributed by atoms with van der Waals surface area (Å²) in [6, 6.07) is 0. The molecule has 0 saturated carbocycles. The van der Waals surface area contributed by atoms with Crippen molar-refractivity contribution in [3.05, 3.63) is 23.8 Å². The first-order chi connectivity index (χ1) is 8.76. The Labute approximate surface area is 107 Å². The molecule has 0 aromatic heterocycles. The first kappa shape index (κ1) is 11.9. The lowest BCUT2D eigenvalue weighted by Gasteiger charge is -2.09. The summed E-state index contributed by atoms with van der Waals surface area (Å²) in [5.74, 6) is -0.292. The summed E-state index contributed by atoms with van der Waals surface area (Å²) in [7, 11) is 0. The molecule has 3 rings (SSSR count). The fourth-order valence-electron chi connectivity index (χ4n) is 2.34. The maximum atomic E-state index is 11.5. The molecule has 4 nitrogen and oxygen atoms in total. The SMILES string of the molecule is CCC1OC1/C=C/C(=O)OCC1=CC2OC2CC1. The van der Waals surface area contributed by atoms with Crippen LogP contribution in [0, 0.1) is 0 Å². The van der Waals surface area contributed by atoms with Crippen LogP contribution >= 0.6 is 0 Å². The zero-order valence-electron chi connectivity index (χ0n) is 10.5. The van der Waals surface area contributed by atoms with Crippen LogP contribution < -0.4 is 0 Å². The van der Waals surface area contributed by atoms with E-state index in [1.807, 2.05) is 0 Å². The van der Waals surface area contributed by atoms with Crippen molar-refractivity contribution in [1.29, 1.82) is 0 Å². The number of rotatable bonds is 5. The van der Waals surface area contributed by atoms with E-state index < -0.39 is 0 Å². The average molecular weight is 250 g/mol. The molecular weight excluding hydrogens is 232 g/mol. The largest absolute Gasteiger partial charge is 0.458 e. The third-order valence-electron chi connectivity index (χ3n) is 3.62. The van der Waals surface area contributed by atoms with Crippen molar-refractivity contribution in [3.8, 4) is 0 Å². The number of epoxide rings is 2. The maximum absolute atomic E-state index is 11.5. The van der Waals surface area contributed by atoms with Crippen LogP contribution in [-0.2, 0) is 19.0 Å². The van der Waals surface area contributed by atoms with Gasteiger partial charge in [-0.25, -0.2) is 4.79 Å². The fourth-order valence-corrected chi connectivity index (χ4v) is 2.34. The molecule has 1 aliphatic carbocycles. The number of hydrogen-bond donors (Lipinski definition) is 0. The molecule has 18 heavy (non-hydrogen) atoms. The lowest BCUT2D eigenvalue weighted by Crippen LogP contribution is -2.09. The van der Waals surface area contributed by atoms with E-state index in [2.05, 4.69) is 13.0 Å². The summed E-state index contributed by atoms with van der Waals surface area (Å²) in [4.78, 5) is 11.5. The van der Waals surface area contributed by atoms with Gasteiger partial charge in [0.2, 0.25) is 0 Å². The Morgan fingerprint density at radius 2 is 2.44 bits per heavy atom. The molecule has 3 aliphatic rings. The molecule has 98 valence electrons. The van der Waals surface area contributed by atoms with Crippen molar-refractivity contribution in [3.63, 3.8) is 0 Å². The van der Waals surface area contributed by atoms with E-state index in [-0.39, 0.29) is 18.2 Å². The van der Waals surface area contributed by atoms with E-state index in [9.17, 15) is 4.79 Å². The second-order valence-electron chi connectivity index (χ2n) is 5.02. The predicted octanol–water partition coefficient (Wildman–Crippen LogP) is 1.75. The first-order valence-electron chi connectivity index (χ1n) is 6.61. The van der Waals surface area contributed by atoms with E-state index >= 15 is 0 Å². The quantitative estimate of drug-likeness (QED) is 0.323. The Hall–Kier alpha value is -1.13. The second-order valence-corrected chi connectivity index (χ2v) is 5.02. The van der Waals surface area contributed by atoms with E-state index in [0.29, 0.717) is 18.8 Å². The summed E-state index contributed by atoms with van der Waals surface area (Å²) >= 11 is 0. The fraction of sp³-hybridized carbons (Fsp3) is 0.643. The molecule has 2 saturated heterocycles. The van der Waals surface area contributed by atoms with Gasteiger partial charge < -0.3 is 14.2 Å². The number of esters is 1. The Morgan fingerprint density at radius 1 is 1.56 bits per heavy atom. The molecule has 4 atom stereocenters. The molecule has 0 aromatic rings. The molecule has 2 fully saturated rings. The highest BCUT2D eigenvalue weighted by Crippen LogP contribution is 2.34. The molecule has 0 bridgehead atoms. The first-order valence-corrected chi connectivity index (χ1v) is 6.61. The number of hydrogen-bond acceptors (Lipinski definition) is 4. The van der Waals surface area contributed by atoms with E-state index in [0.717, 1.165) is 19.3 Å². The number of carbonyl (C=O) groups is 1. The van der Waals surface area contributed by atoms with Gasteiger partial charge in [-0.2, -0.15) is 0 Å². The van der Waals surface area contributed by atoms with Crippen LogP contribution in [0.4, 0.5) is 0 Å². The van der Waals surface area contributed by atoms with Crippen molar-refractivity contribution in [2.45, 2.75) is 50.6 Å². The third kappa shape index (κ3) is 2.82. The van der Waals surface area contributed by atoms with Gasteiger partial charge >= 0.3 is 5.97 Å². The van der Waals surface area contributed by atoms with Crippen LogP contribution in [0.15, 0.2) is 23.8 Å². The molecule has 0 N–H and O–H groups in total. The van der Waals surface area contributed by atoms with Gasteiger partial charge in [-0.15, -0.1) is 0 Å². The Morgan fingerprint density at radius 3 is 3.17 bits per heavy atom. The third-order valence-corrected chi connectivity index (χ3v) is 3.62. The molecule has 0 amide bonds. The Kier molecular flexibility index (Phi) is 3.22. The molecule has 2 heterocycles. The summed E-state index contributed by atoms with van der Waals surface area (Å²) in [6.45, 7) is 2.46. The van der Waals surface area contributed by atoms with Crippen LogP contribution in [0.5, 0.6) is 0 Å². The highest BCUT2D eigenvalue weighted by molar-refractivity contribution is 5.82. The summed E-state index contributed by atoms with van der Waals surface area (Å²) < 4.78 is 15.9. The van der Waals surface area contributed by atoms with Gasteiger partial charge in [0, 0.05) is 6.08 Å². The number of ether oxygens (including phenoxy) is 3. The topological polar surface area (TPSA) is 51.4 Å². The minimum Gasteiger partial charge on any atom is -0.458 e. The van der Waals surface area contributed by atoms with Gasteiger partial charge in [0.25, 0.3) is 0 Å². The molecule has 0 aromatic carbocycles. The Bertz CT molecular complexity index is 399. The molecule has 2 aliphatic heterocycles. The normalized spacial score (nSPS) is 37.1. The lowest BCUT2D eigenvalue weighted by molar-refractivity contribution is -0.136. The Balaban J connectivity index is 1.39. The standard InChI is InChI=1S/C14H18O4/c1-2-10-11(17-10)5-6-14(15)16-8-9-3-4-12-13(7-9)18-12/h5-7,10-13H,2-4,8H2,1H3/b6-5+. The van der Waals surface area contributed by atoms with E-state index in [1.165, 1.54) is 11.6 Å². The van der Waals surface area contributed by atoms with Crippen LogP contribution in [-0.4, -0.2) is 37.0 Å². The van der Waals surface area contributed by atoms with Gasteiger partial charge in [-0.1, -0.05) is 13.0 Å². The molecule has 0 spiro atoms. The minimum atomic E-state index is -0.292.